The molecule has 6 heteroatoms. The lowest BCUT2D eigenvalue weighted by Crippen LogP contribution is -2.45. The fraction of sp³-hybridized carbons (Fsp3) is 0.831. The molecule has 0 saturated carbocycles. The number of esters is 1. The quantitative estimate of drug-likeness (QED) is 0.0320. The van der Waals surface area contributed by atoms with Gasteiger partial charge in [-0.05, 0) is 83.5 Å². The molecule has 0 heterocycles. The predicted molar refractivity (Wildman–Crippen MR) is 338 cm³/mol. The summed E-state index contributed by atoms with van der Waals surface area (Å²) >= 11 is 0. The Kier molecular flexibility index (Phi) is 64.0. The number of rotatable bonds is 63. The Bertz CT molecular complexity index is 1340. The van der Waals surface area contributed by atoms with Gasteiger partial charge in [0.05, 0.1) is 25.4 Å². The minimum Gasteiger partial charge on any atom is -0.465 e. The van der Waals surface area contributed by atoms with Gasteiger partial charge in [0.25, 0.3) is 0 Å². The maximum atomic E-state index is 12.5. The van der Waals surface area contributed by atoms with Crippen LogP contribution in [-0.2, 0) is 14.3 Å². The molecular weight excluding hydrogens is 947 g/mol. The van der Waals surface area contributed by atoms with Crippen LogP contribution in [0.15, 0.2) is 60.8 Å². The summed E-state index contributed by atoms with van der Waals surface area (Å²) in [5.74, 6) is -0.114. The second kappa shape index (κ2) is 66.1. The SMILES string of the molecule is CCCCCC/C=C\C/C=C\CCCCCCCCCC(=O)OCC/C=C\C/C=C\CCCCCCCCCCCCCCCCC(=O)NC(CO)C(O)/C=C/CCCCCCCCCCCCCCCCCCCCC. The van der Waals surface area contributed by atoms with E-state index >= 15 is 0 Å². The first kappa shape index (κ1) is 74.6. The highest BCUT2D eigenvalue weighted by Gasteiger charge is 2.18. The summed E-state index contributed by atoms with van der Waals surface area (Å²) in [6.45, 7) is 4.80. The van der Waals surface area contributed by atoms with Gasteiger partial charge in [0.1, 0.15) is 0 Å². The molecule has 0 aromatic carbocycles. The van der Waals surface area contributed by atoms with E-state index in [0.29, 0.717) is 19.4 Å². The van der Waals surface area contributed by atoms with Gasteiger partial charge in [0, 0.05) is 12.8 Å². The third-order valence-electron chi connectivity index (χ3n) is 15.5. The molecule has 0 aliphatic heterocycles. The lowest BCUT2D eigenvalue weighted by Gasteiger charge is -2.20. The summed E-state index contributed by atoms with van der Waals surface area (Å²) in [7, 11) is 0. The standard InChI is InChI=1S/C71H131NO5/c1-3-5-7-9-11-13-15-17-19-21-23-25-28-31-35-39-43-47-51-55-59-63-69(74)68(67-73)72-70(75)64-60-56-52-48-44-40-36-32-29-26-24-27-30-34-38-42-46-50-54-58-62-66-77-71(76)65-61-57-53-49-45-41-37-33-22-20-18-16-14-12-10-8-6-4-2/h14,16,20,22,42,46,54,58-59,63,68-69,73-74H,3-13,15,17-19,21,23-41,43-45,47-53,55-57,60-62,64-67H2,1-2H3,(H,72,75)/b16-14-,22-20-,46-42-,58-54-,63-59+. The van der Waals surface area contributed by atoms with E-state index in [2.05, 4.69) is 67.8 Å². The number of hydrogen-bond donors (Lipinski definition) is 3. The molecule has 0 radical (unpaired) electrons. The molecule has 0 bridgehead atoms. The molecule has 0 spiro atoms. The fourth-order valence-electron chi connectivity index (χ4n) is 10.3. The number of ether oxygens (including phenoxy) is 1. The van der Waals surface area contributed by atoms with Crippen LogP contribution in [0.3, 0.4) is 0 Å². The van der Waals surface area contributed by atoms with Gasteiger partial charge in [-0.1, -0.05) is 319 Å². The highest BCUT2D eigenvalue weighted by molar-refractivity contribution is 5.76. The van der Waals surface area contributed by atoms with E-state index in [1.165, 1.54) is 270 Å². The maximum absolute atomic E-state index is 12.5. The summed E-state index contributed by atoms with van der Waals surface area (Å²) in [6, 6.07) is -0.634. The fourth-order valence-corrected chi connectivity index (χ4v) is 10.3. The number of unbranched alkanes of at least 4 members (excludes halogenated alkanes) is 44. The molecule has 0 saturated heterocycles. The third-order valence-corrected chi connectivity index (χ3v) is 15.5. The Morgan fingerprint density at radius 1 is 0.364 bits per heavy atom. The Labute approximate surface area is 479 Å². The first-order chi connectivity index (χ1) is 38.0. The van der Waals surface area contributed by atoms with Crippen molar-refractivity contribution in [1.29, 1.82) is 0 Å². The minimum atomic E-state index is -0.851. The number of allylic oxidation sites excluding steroid dienone is 8. The first-order valence-corrected chi connectivity index (χ1v) is 34.1. The van der Waals surface area contributed by atoms with Crippen LogP contribution in [0.5, 0.6) is 0 Å². The third kappa shape index (κ3) is 62.6. The van der Waals surface area contributed by atoms with Crippen molar-refractivity contribution < 1.29 is 24.5 Å². The Morgan fingerprint density at radius 3 is 1.00 bits per heavy atom. The largest absolute Gasteiger partial charge is 0.465 e. The lowest BCUT2D eigenvalue weighted by molar-refractivity contribution is -0.143. The van der Waals surface area contributed by atoms with E-state index in [-0.39, 0.29) is 18.5 Å². The van der Waals surface area contributed by atoms with E-state index in [0.717, 1.165) is 57.8 Å². The molecule has 0 aromatic rings. The van der Waals surface area contributed by atoms with E-state index in [1.807, 2.05) is 6.08 Å². The molecule has 0 aromatic heterocycles. The van der Waals surface area contributed by atoms with Gasteiger partial charge in [-0.15, -0.1) is 0 Å². The summed E-state index contributed by atoms with van der Waals surface area (Å²) in [5.41, 5.74) is 0. The molecule has 6 nitrogen and oxygen atoms in total. The van der Waals surface area contributed by atoms with E-state index in [9.17, 15) is 19.8 Å². The van der Waals surface area contributed by atoms with Crippen molar-refractivity contribution in [1.82, 2.24) is 5.32 Å². The number of carbonyl (C=O) groups excluding carboxylic acids is 2. The summed E-state index contributed by atoms with van der Waals surface area (Å²) < 4.78 is 5.43. The van der Waals surface area contributed by atoms with Crippen molar-refractivity contribution in [3.8, 4) is 0 Å². The van der Waals surface area contributed by atoms with E-state index < -0.39 is 12.1 Å². The number of carbonyl (C=O) groups is 2. The van der Waals surface area contributed by atoms with Crippen molar-refractivity contribution >= 4 is 11.9 Å². The van der Waals surface area contributed by atoms with E-state index in [4.69, 9.17) is 4.74 Å². The molecule has 2 unspecified atom stereocenters. The zero-order valence-corrected chi connectivity index (χ0v) is 51.4. The van der Waals surface area contributed by atoms with Crippen LogP contribution in [0.1, 0.15) is 354 Å². The number of hydrogen-bond acceptors (Lipinski definition) is 5. The number of aliphatic hydroxyl groups is 2. The molecule has 0 aliphatic carbocycles. The molecule has 3 N–H and O–H groups in total. The Balaban J connectivity index is 3.48. The zero-order valence-electron chi connectivity index (χ0n) is 51.4. The Morgan fingerprint density at radius 2 is 0.649 bits per heavy atom. The predicted octanol–water partition coefficient (Wildman–Crippen LogP) is 21.9. The van der Waals surface area contributed by atoms with Crippen molar-refractivity contribution in [2.45, 2.75) is 366 Å². The molecule has 0 rings (SSSR count). The van der Waals surface area contributed by atoms with Crippen LogP contribution < -0.4 is 5.32 Å². The number of aliphatic hydroxyl groups excluding tert-OH is 2. The molecule has 77 heavy (non-hydrogen) atoms. The normalized spacial score (nSPS) is 12.9. The average molecular weight is 1080 g/mol. The van der Waals surface area contributed by atoms with Gasteiger partial charge in [-0.2, -0.15) is 0 Å². The van der Waals surface area contributed by atoms with Crippen LogP contribution in [0.4, 0.5) is 0 Å². The lowest BCUT2D eigenvalue weighted by atomic mass is 10.0. The van der Waals surface area contributed by atoms with Gasteiger partial charge in [-0.3, -0.25) is 9.59 Å². The number of amides is 1. The van der Waals surface area contributed by atoms with Gasteiger partial charge in [0.15, 0.2) is 0 Å². The van der Waals surface area contributed by atoms with Gasteiger partial charge in [-0.25, -0.2) is 0 Å². The minimum absolute atomic E-state index is 0.0432. The molecule has 2 atom stereocenters. The summed E-state index contributed by atoms with van der Waals surface area (Å²) in [5, 5.41) is 23.2. The second-order valence-electron chi connectivity index (χ2n) is 23.1. The molecular formula is C71H131NO5. The number of nitrogens with one attached hydrogen (secondary N) is 1. The monoisotopic (exact) mass is 1080 g/mol. The van der Waals surface area contributed by atoms with Crippen molar-refractivity contribution in [3.05, 3.63) is 60.8 Å². The van der Waals surface area contributed by atoms with Crippen molar-refractivity contribution in [2.24, 2.45) is 0 Å². The Hall–Kier alpha value is -2.44. The van der Waals surface area contributed by atoms with E-state index in [1.54, 1.807) is 6.08 Å². The smallest absolute Gasteiger partial charge is 0.305 e. The molecule has 0 fully saturated rings. The van der Waals surface area contributed by atoms with Crippen LogP contribution in [0, 0.1) is 0 Å². The zero-order chi connectivity index (χ0) is 55.7. The molecule has 0 aliphatic rings. The summed E-state index contributed by atoms with van der Waals surface area (Å²) in [4.78, 5) is 24.6. The highest BCUT2D eigenvalue weighted by atomic mass is 16.5. The van der Waals surface area contributed by atoms with Crippen LogP contribution in [-0.4, -0.2) is 47.4 Å². The van der Waals surface area contributed by atoms with Crippen LogP contribution in [0.25, 0.3) is 0 Å². The average Bonchev–Trinajstić information content (AvgIpc) is 3.43. The van der Waals surface area contributed by atoms with Gasteiger partial charge in [0.2, 0.25) is 5.91 Å². The topological polar surface area (TPSA) is 95.9 Å². The van der Waals surface area contributed by atoms with Gasteiger partial charge >= 0.3 is 5.97 Å². The molecule has 450 valence electrons. The summed E-state index contributed by atoms with van der Waals surface area (Å²) in [6.07, 6.45) is 87.2. The van der Waals surface area contributed by atoms with Gasteiger partial charge < -0.3 is 20.3 Å². The van der Waals surface area contributed by atoms with Crippen LogP contribution >= 0.6 is 0 Å². The van der Waals surface area contributed by atoms with Crippen molar-refractivity contribution in [3.63, 3.8) is 0 Å². The molecule has 1 amide bonds. The highest BCUT2D eigenvalue weighted by Crippen LogP contribution is 2.18. The second-order valence-corrected chi connectivity index (χ2v) is 23.1. The van der Waals surface area contributed by atoms with Crippen molar-refractivity contribution in [2.75, 3.05) is 13.2 Å². The maximum Gasteiger partial charge on any atom is 0.305 e. The first-order valence-electron chi connectivity index (χ1n) is 34.1. The van der Waals surface area contributed by atoms with Crippen LogP contribution in [0.2, 0.25) is 0 Å².